The number of hydrogen-bond donors (Lipinski definition) is 0. The van der Waals surface area contributed by atoms with Crippen LogP contribution < -0.4 is 0 Å². The Bertz CT molecular complexity index is 2110. The summed E-state index contributed by atoms with van der Waals surface area (Å²) >= 11 is 0. The van der Waals surface area contributed by atoms with E-state index in [1.54, 1.807) is 24.3 Å². The van der Waals surface area contributed by atoms with Crippen LogP contribution in [0.4, 0.5) is 0 Å². The van der Waals surface area contributed by atoms with Crippen molar-refractivity contribution >= 4 is 27.5 Å². The van der Waals surface area contributed by atoms with Crippen LogP contribution in [0.1, 0.15) is 77.9 Å². The number of hydrogen-bond acceptors (Lipinski definition) is 3. The van der Waals surface area contributed by atoms with E-state index in [4.69, 9.17) is 17.3 Å². The molecule has 3 aliphatic rings. The molecule has 197 valence electrons. The van der Waals surface area contributed by atoms with Crippen molar-refractivity contribution in [3.05, 3.63) is 107 Å². The van der Waals surface area contributed by atoms with E-state index < -0.39 is 20.6 Å². The molecule has 0 unspecified atom stereocenters. The smallest absolute Gasteiger partial charge is 0.129 e. The number of fused-ring (bicyclic) bond motifs is 8. The molecule has 2 aromatic carbocycles. The SMILES string of the molecule is [2H]C([2H])([2H])c1ccc(-c2[c-]cccc2)nc1.[2H]C([2H])([2H])c1cnc2c3[c-]cccc3n3c4c(nc3c2c1C([2H])([2H])[2H])C1CCC4CC1.[Ir]. The molecule has 1 fully saturated rings. The summed E-state index contributed by atoms with van der Waals surface area (Å²) in [7, 11) is 0. The molecular weight excluding hydrogens is 657 g/mol. The first-order valence-corrected chi connectivity index (χ1v) is 12.9. The molecule has 1 saturated carbocycles. The monoisotopic (exact) mass is 696 g/mol. The molecule has 6 aromatic rings. The molecule has 2 bridgehead atoms. The summed E-state index contributed by atoms with van der Waals surface area (Å²) < 4.78 is 72.3. The van der Waals surface area contributed by atoms with Crippen LogP contribution in [0.15, 0.2) is 67.0 Å². The van der Waals surface area contributed by atoms with Crippen LogP contribution in [0, 0.1) is 32.7 Å². The zero-order valence-corrected chi connectivity index (χ0v) is 23.4. The van der Waals surface area contributed by atoms with Crippen LogP contribution in [0.25, 0.3) is 38.7 Å². The Kier molecular flexibility index (Phi) is 4.57. The van der Waals surface area contributed by atoms with Crippen LogP contribution in [0.5, 0.6) is 0 Å². The van der Waals surface area contributed by atoms with Gasteiger partial charge in [0, 0.05) is 73.3 Å². The maximum atomic E-state index is 8.22. The van der Waals surface area contributed by atoms with Gasteiger partial charge < -0.3 is 14.4 Å². The molecule has 3 aliphatic carbocycles. The molecule has 9 rings (SSSR count). The molecule has 4 heterocycles. The van der Waals surface area contributed by atoms with Gasteiger partial charge in [-0.25, -0.2) is 4.98 Å². The van der Waals surface area contributed by atoms with Gasteiger partial charge in [-0.1, -0.05) is 12.1 Å². The van der Waals surface area contributed by atoms with E-state index in [0.717, 1.165) is 53.8 Å². The third-order valence-electron chi connectivity index (χ3n) is 7.80. The van der Waals surface area contributed by atoms with Gasteiger partial charge in [0.25, 0.3) is 0 Å². The molecule has 1 radical (unpaired) electrons. The van der Waals surface area contributed by atoms with Crippen LogP contribution in [0.2, 0.25) is 0 Å². The fourth-order valence-corrected chi connectivity index (χ4v) is 6.02. The van der Waals surface area contributed by atoms with Gasteiger partial charge in [-0.05, 0) is 74.1 Å². The molecule has 4 nitrogen and oxygen atoms in total. The van der Waals surface area contributed by atoms with Gasteiger partial charge in [-0.15, -0.1) is 65.5 Å². The quantitative estimate of drug-likeness (QED) is 0.129. The number of pyridine rings is 3. The molecular formula is C34H30IrN4-2. The summed E-state index contributed by atoms with van der Waals surface area (Å²) in [4.78, 5) is 13.6. The van der Waals surface area contributed by atoms with E-state index in [1.807, 2.05) is 30.3 Å². The van der Waals surface area contributed by atoms with Crippen LogP contribution in [-0.4, -0.2) is 19.4 Å². The Balaban J connectivity index is 0.000000201. The minimum Gasteiger partial charge on any atom is -0.338 e. The van der Waals surface area contributed by atoms with Crippen molar-refractivity contribution in [3.8, 4) is 11.3 Å². The van der Waals surface area contributed by atoms with Gasteiger partial charge in [-0.3, -0.25) is 0 Å². The molecule has 0 atom stereocenters. The summed E-state index contributed by atoms with van der Waals surface area (Å²) in [6.45, 7) is -7.31. The number of rotatable bonds is 1. The van der Waals surface area contributed by atoms with Crippen molar-refractivity contribution in [1.82, 2.24) is 19.4 Å². The van der Waals surface area contributed by atoms with Crippen LogP contribution in [-0.2, 0) is 20.1 Å². The van der Waals surface area contributed by atoms with E-state index in [0.29, 0.717) is 33.8 Å². The van der Waals surface area contributed by atoms with E-state index in [2.05, 4.69) is 26.5 Å². The number of benzene rings is 2. The van der Waals surface area contributed by atoms with E-state index in [-0.39, 0.29) is 36.8 Å². The third-order valence-corrected chi connectivity index (χ3v) is 7.80. The topological polar surface area (TPSA) is 43.1 Å². The molecule has 4 aromatic heterocycles. The fraction of sp³-hybridized carbons (Fsp3) is 0.265. The van der Waals surface area contributed by atoms with E-state index >= 15 is 0 Å². The van der Waals surface area contributed by atoms with Crippen molar-refractivity contribution in [2.75, 3.05) is 0 Å². The van der Waals surface area contributed by atoms with Gasteiger partial charge in [0.05, 0.1) is 5.69 Å². The predicted molar refractivity (Wildman–Crippen MR) is 154 cm³/mol. The maximum absolute atomic E-state index is 8.22. The van der Waals surface area contributed by atoms with Gasteiger partial charge in [0.1, 0.15) is 5.65 Å². The summed E-state index contributed by atoms with van der Waals surface area (Å²) in [5.41, 5.74) is 5.47. The van der Waals surface area contributed by atoms with Gasteiger partial charge >= 0.3 is 0 Å². The molecule has 0 N–H and O–H groups in total. The largest absolute Gasteiger partial charge is 0.338 e. The third kappa shape index (κ3) is 4.29. The average Bonchev–Trinajstić information content (AvgIpc) is 3.48. The zero-order valence-electron chi connectivity index (χ0n) is 30.0. The van der Waals surface area contributed by atoms with Gasteiger partial charge in [0.15, 0.2) is 0 Å². The number of nitrogens with zero attached hydrogens (tertiary/aromatic N) is 4. The molecule has 0 amide bonds. The Hall–Kier alpha value is -3.40. The van der Waals surface area contributed by atoms with Gasteiger partial charge in [0.2, 0.25) is 0 Å². The molecule has 39 heavy (non-hydrogen) atoms. The van der Waals surface area contributed by atoms with Crippen molar-refractivity contribution in [2.24, 2.45) is 0 Å². The minimum atomic E-state index is -2.63. The minimum absolute atomic E-state index is 0. The van der Waals surface area contributed by atoms with E-state index in [9.17, 15) is 0 Å². The van der Waals surface area contributed by atoms with Crippen molar-refractivity contribution in [1.29, 1.82) is 0 Å². The molecule has 0 spiro atoms. The summed E-state index contributed by atoms with van der Waals surface area (Å²) in [5, 5.41) is 1.01. The van der Waals surface area contributed by atoms with Crippen LogP contribution >= 0.6 is 0 Å². The second-order valence-corrected chi connectivity index (χ2v) is 10.00. The number of aromatic nitrogens is 4. The Morgan fingerprint density at radius 1 is 0.872 bits per heavy atom. The number of aryl methyl sites for hydroxylation is 3. The summed E-state index contributed by atoms with van der Waals surface area (Å²) in [6, 6.07) is 22.7. The Labute approximate surface area is 255 Å². The number of imidazole rings is 1. The fourth-order valence-electron chi connectivity index (χ4n) is 6.02. The average molecular weight is 696 g/mol. The zero-order chi connectivity index (χ0) is 33.3. The molecule has 0 aliphatic heterocycles. The maximum Gasteiger partial charge on any atom is 0.129 e. The standard InChI is InChI=1S/C22H20N3.C12H10N.Ir/c1-12-11-23-20-16-5-3-4-6-17(16)25-21-15-9-7-14(8-10-15)19(21)24-22(25)18(20)13(12)2;1-10-7-8-12(13-9-10)11-5-3-2-4-6-11;/h3-4,6,11,14-15H,7-10H2,1-2H3;2-5,7-9H,1H3;/q2*-1;/i1D3,2D3;1D3;. The second-order valence-electron chi connectivity index (χ2n) is 10.00. The van der Waals surface area contributed by atoms with Crippen molar-refractivity contribution in [3.63, 3.8) is 0 Å². The Morgan fingerprint density at radius 2 is 1.74 bits per heavy atom. The van der Waals surface area contributed by atoms with Crippen LogP contribution in [0.3, 0.4) is 0 Å². The van der Waals surface area contributed by atoms with E-state index in [1.165, 1.54) is 12.4 Å². The van der Waals surface area contributed by atoms with Crippen molar-refractivity contribution < 1.29 is 32.4 Å². The second kappa shape index (κ2) is 10.3. The summed E-state index contributed by atoms with van der Waals surface area (Å²) in [5.74, 6) is 0.749. The first-order chi connectivity index (χ1) is 22.2. The normalized spacial score (nSPS) is 21.9. The molecule has 5 heteroatoms. The predicted octanol–water partition coefficient (Wildman–Crippen LogP) is 8.06. The van der Waals surface area contributed by atoms with Crippen molar-refractivity contribution in [2.45, 2.75) is 58.1 Å². The van der Waals surface area contributed by atoms with Gasteiger partial charge in [-0.2, -0.15) is 0 Å². The first-order valence-electron chi connectivity index (χ1n) is 17.4. The first kappa shape index (κ1) is 17.3. The Morgan fingerprint density at radius 3 is 2.49 bits per heavy atom. The summed E-state index contributed by atoms with van der Waals surface area (Å²) in [6.07, 6.45) is 6.97. The molecule has 0 saturated heterocycles.